The van der Waals surface area contributed by atoms with Gasteiger partial charge in [0.05, 0.1) is 23.6 Å². The van der Waals surface area contributed by atoms with Gasteiger partial charge in [0, 0.05) is 24.8 Å². The van der Waals surface area contributed by atoms with Gasteiger partial charge in [-0.15, -0.1) is 0 Å². The number of hydrogen-bond acceptors (Lipinski definition) is 4. The number of pyridine rings is 3. The van der Waals surface area contributed by atoms with Crippen LogP contribution in [0.1, 0.15) is 11.1 Å². The highest BCUT2D eigenvalue weighted by molar-refractivity contribution is 5.55. The summed E-state index contributed by atoms with van der Waals surface area (Å²) in [6.07, 6.45) is 7.37. The molecule has 0 aliphatic carbocycles. The Hall–Kier alpha value is -3.34. The predicted octanol–water partition coefficient (Wildman–Crippen LogP) is 3.76. The SMILES string of the molecule is Cc1ccnc(-c2cc(Cn3ccc(-c4ccccn4)n3)ccn2)c1. The molecule has 0 saturated heterocycles. The molecule has 5 heteroatoms. The Kier molecular flexibility index (Phi) is 4.04. The van der Waals surface area contributed by atoms with E-state index in [0.29, 0.717) is 6.54 Å². The molecule has 5 nitrogen and oxygen atoms in total. The molecule has 0 aromatic carbocycles. The lowest BCUT2D eigenvalue weighted by Gasteiger charge is -2.05. The van der Waals surface area contributed by atoms with Crippen molar-refractivity contribution in [3.05, 3.63) is 84.4 Å². The monoisotopic (exact) mass is 327 g/mol. The van der Waals surface area contributed by atoms with Gasteiger partial charge in [0.2, 0.25) is 0 Å². The maximum Gasteiger partial charge on any atom is 0.111 e. The van der Waals surface area contributed by atoms with Gasteiger partial charge in [-0.2, -0.15) is 5.10 Å². The molecule has 0 unspecified atom stereocenters. The van der Waals surface area contributed by atoms with Crippen molar-refractivity contribution in [2.24, 2.45) is 0 Å². The summed E-state index contributed by atoms with van der Waals surface area (Å²) in [4.78, 5) is 13.2. The van der Waals surface area contributed by atoms with Gasteiger partial charge in [-0.05, 0) is 60.5 Å². The Balaban J connectivity index is 1.58. The fourth-order valence-corrected chi connectivity index (χ4v) is 2.68. The molecule has 4 aromatic heterocycles. The molecule has 4 aromatic rings. The quantitative estimate of drug-likeness (QED) is 0.573. The number of aromatic nitrogens is 5. The number of nitrogens with zero attached hydrogens (tertiary/aromatic N) is 5. The Labute approximate surface area is 146 Å². The van der Waals surface area contributed by atoms with Crippen LogP contribution in [0.25, 0.3) is 22.8 Å². The molecule has 0 bridgehead atoms. The average molecular weight is 327 g/mol. The molecule has 0 spiro atoms. The van der Waals surface area contributed by atoms with Crippen molar-refractivity contribution < 1.29 is 0 Å². The second-order valence-corrected chi connectivity index (χ2v) is 5.88. The molecule has 0 saturated carbocycles. The first kappa shape index (κ1) is 15.2. The summed E-state index contributed by atoms with van der Waals surface area (Å²) >= 11 is 0. The van der Waals surface area contributed by atoms with E-state index >= 15 is 0 Å². The second-order valence-electron chi connectivity index (χ2n) is 5.88. The summed E-state index contributed by atoms with van der Waals surface area (Å²) in [5.41, 5.74) is 5.80. The van der Waals surface area contributed by atoms with Crippen LogP contribution >= 0.6 is 0 Å². The third-order valence-electron chi connectivity index (χ3n) is 3.91. The van der Waals surface area contributed by atoms with E-state index in [-0.39, 0.29) is 0 Å². The van der Waals surface area contributed by atoms with Crippen molar-refractivity contribution in [3.63, 3.8) is 0 Å². The smallest absolute Gasteiger partial charge is 0.111 e. The third-order valence-corrected chi connectivity index (χ3v) is 3.91. The normalized spacial score (nSPS) is 10.8. The standard InChI is InChI=1S/C20H17N5/c1-15-5-9-22-19(12-15)20-13-16(6-10-23-20)14-25-11-7-18(24-25)17-4-2-3-8-21-17/h2-13H,14H2,1H3. The average Bonchev–Trinajstić information content (AvgIpc) is 3.11. The van der Waals surface area contributed by atoms with E-state index in [0.717, 1.165) is 28.3 Å². The summed E-state index contributed by atoms with van der Waals surface area (Å²) in [6.45, 7) is 2.73. The maximum absolute atomic E-state index is 4.61. The predicted molar refractivity (Wildman–Crippen MR) is 96.8 cm³/mol. The van der Waals surface area contributed by atoms with Gasteiger partial charge < -0.3 is 0 Å². The van der Waals surface area contributed by atoms with Gasteiger partial charge in [0.1, 0.15) is 5.69 Å². The molecule has 4 heterocycles. The summed E-state index contributed by atoms with van der Waals surface area (Å²) in [7, 11) is 0. The highest BCUT2D eigenvalue weighted by Crippen LogP contribution is 2.18. The topological polar surface area (TPSA) is 56.5 Å². The van der Waals surface area contributed by atoms with E-state index in [2.05, 4.69) is 33.0 Å². The van der Waals surface area contributed by atoms with E-state index in [1.807, 2.05) is 65.7 Å². The van der Waals surface area contributed by atoms with Crippen molar-refractivity contribution >= 4 is 0 Å². The molecule has 25 heavy (non-hydrogen) atoms. The van der Waals surface area contributed by atoms with E-state index in [1.54, 1.807) is 6.20 Å². The van der Waals surface area contributed by atoms with Crippen LogP contribution in [0.4, 0.5) is 0 Å². The van der Waals surface area contributed by atoms with Gasteiger partial charge in [-0.1, -0.05) is 6.07 Å². The van der Waals surface area contributed by atoms with Crippen LogP contribution in [0.3, 0.4) is 0 Å². The Bertz CT molecular complexity index is 992. The number of aryl methyl sites for hydroxylation is 1. The van der Waals surface area contributed by atoms with Crippen LogP contribution in [0.5, 0.6) is 0 Å². The van der Waals surface area contributed by atoms with Gasteiger partial charge in [0.15, 0.2) is 0 Å². The summed E-state index contributed by atoms with van der Waals surface area (Å²) in [5.74, 6) is 0. The zero-order chi connectivity index (χ0) is 17.1. The van der Waals surface area contributed by atoms with Crippen molar-refractivity contribution in [3.8, 4) is 22.8 Å². The molecule has 122 valence electrons. The fourth-order valence-electron chi connectivity index (χ4n) is 2.68. The lowest BCUT2D eigenvalue weighted by atomic mass is 10.1. The first-order valence-electron chi connectivity index (χ1n) is 8.11. The third kappa shape index (κ3) is 3.45. The number of rotatable bonds is 4. The second kappa shape index (κ2) is 6.65. The zero-order valence-corrected chi connectivity index (χ0v) is 13.9. The molecular weight excluding hydrogens is 310 g/mol. The van der Waals surface area contributed by atoms with Gasteiger partial charge >= 0.3 is 0 Å². The van der Waals surface area contributed by atoms with Crippen molar-refractivity contribution in [1.29, 1.82) is 0 Å². The molecule has 0 fully saturated rings. The van der Waals surface area contributed by atoms with Crippen molar-refractivity contribution in [2.75, 3.05) is 0 Å². The van der Waals surface area contributed by atoms with Crippen LogP contribution < -0.4 is 0 Å². The molecule has 0 aliphatic heterocycles. The van der Waals surface area contributed by atoms with E-state index < -0.39 is 0 Å². The molecule has 0 amide bonds. The van der Waals surface area contributed by atoms with Crippen LogP contribution in [0.15, 0.2) is 73.3 Å². The molecule has 0 radical (unpaired) electrons. The molecule has 4 rings (SSSR count). The Morgan fingerprint density at radius 2 is 1.56 bits per heavy atom. The van der Waals surface area contributed by atoms with Crippen LogP contribution in [0, 0.1) is 6.92 Å². The van der Waals surface area contributed by atoms with Gasteiger partial charge in [0.25, 0.3) is 0 Å². The number of hydrogen-bond donors (Lipinski definition) is 0. The fraction of sp³-hybridized carbons (Fsp3) is 0.100. The van der Waals surface area contributed by atoms with Gasteiger partial charge in [-0.25, -0.2) is 0 Å². The van der Waals surface area contributed by atoms with Crippen LogP contribution in [0.2, 0.25) is 0 Å². The van der Waals surface area contributed by atoms with Crippen LogP contribution in [-0.2, 0) is 6.54 Å². The molecule has 0 aliphatic rings. The largest absolute Gasteiger partial charge is 0.268 e. The summed E-state index contributed by atoms with van der Waals surface area (Å²) < 4.78 is 1.91. The summed E-state index contributed by atoms with van der Waals surface area (Å²) in [6, 6.07) is 15.9. The van der Waals surface area contributed by atoms with E-state index in [9.17, 15) is 0 Å². The van der Waals surface area contributed by atoms with Crippen molar-refractivity contribution in [2.45, 2.75) is 13.5 Å². The van der Waals surface area contributed by atoms with E-state index in [1.165, 1.54) is 5.56 Å². The maximum atomic E-state index is 4.61. The van der Waals surface area contributed by atoms with Gasteiger partial charge in [-0.3, -0.25) is 19.6 Å². The van der Waals surface area contributed by atoms with E-state index in [4.69, 9.17) is 0 Å². The summed E-state index contributed by atoms with van der Waals surface area (Å²) in [5, 5.41) is 4.61. The Morgan fingerprint density at radius 1 is 0.760 bits per heavy atom. The minimum absolute atomic E-state index is 0.675. The zero-order valence-electron chi connectivity index (χ0n) is 13.9. The molecule has 0 atom stereocenters. The first-order valence-corrected chi connectivity index (χ1v) is 8.11. The molecular formula is C20H17N5. The highest BCUT2D eigenvalue weighted by atomic mass is 15.3. The molecule has 0 N–H and O–H groups in total. The lowest BCUT2D eigenvalue weighted by molar-refractivity contribution is 0.688. The lowest BCUT2D eigenvalue weighted by Crippen LogP contribution is -2.01. The minimum atomic E-state index is 0.675. The first-order chi connectivity index (χ1) is 12.3. The minimum Gasteiger partial charge on any atom is -0.268 e. The van der Waals surface area contributed by atoms with Crippen molar-refractivity contribution in [1.82, 2.24) is 24.7 Å². The highest BCUT2D eigenvalue weighted by Gasteiger charge is 2.06. The van der Waals surface area contributed by atoms with Crippen LogP contribution in [-0.4, -0.2) is 24.7 Å². The Morgan fingerprint density at radius 3 is 2.36 bits per heavy atom.